The van der Waals surface area contributed by atoms with Gasteiger partial charge in [0.25, 0.3) is 0 Å². The fourth-order valence-corrected chi connectivity index (χ4v) is 2.37. The Labute approximate surface area is 100 Å². The molecule has 1 N–H and O–H groups in total. The van der Waals surface area contributed by atoms with E-state index in [0.717, 1.165) is 25.7 Å². The highest BCUT2D eigenvalue weighted by Crippen LogP contribution is 2.15. The van der Waals surface area contributed by atoms with Crippen molar-refractivity contribution in [1.29, 1.82) is 0 Å². The SMILES string of the molecule is C=C(CNCC)CN(C)CC1CCCN1C. The molecule has 1 atom stereocenters. The van der Waals surface area contributed by atoms with E-state index in [4.69, 9.17) is 0 Å². The lowest BCUT2D eigenvalue weighted by atomic mass is 10.2. The van der Waals surface area contributed by atoms with Crippen molar-refractivity contribution >= 4 is 0 Å². The molecule has 3 nitrogen and oxygen atoms in total. The lowest BCUT2D eigenvalue weighted by molar-refractivity contribution is 0.229. The number of likely N-dealkylation sites (tertiary alicyclic amines) is 1. The molecule has 0 aromatic rings. The zero-order valence-electron chi connectivity index (χ0n) is 11.1. The van der Waals surface area contributed by atoms with Crippen LogP contribution in [0.2, 0.25) is 0 Å². The normalized spacial score (nSPS) is 21.9. The average Bonchev–Trinajstić information content (AvgIpc) is 2.61. The molecule has 0 amide bonds. The summed E-state index contributed by atoms with van der Waals surface area (Å²) in [5.74, 6) is 0. The topological polar surface area (TPSA) is 18.5 Å². The molecule has 16 heavy (non-hydrogen) atoms. The fraction of sp³-hybridized carbons (Fsp3) is 0.846. The summed E-state index contributed by atoms with van der Waals surface area (Å²) >= 11 is 0. The van der Waals surface area contributed by atoms with Crippen molar-refractivity contribution in [1.82, 2.24) is 15.1 Å². The third-order valence-electron chi connectivity index (χ3n) is 3.31. The van der Waals surface area contributed by atoms with Crippen molar-refractivity contribution in [3.63, 3.8) is 0 Å². The maximum atomic E-state index is 4.11. The lowest BCUT2D eigenvalue weighted by Crippen LogP contribution is -2.38. The number of nitrogens with zero attached hydrogens (tertiary/aromatic N) is 2. The van der Waals surface area contributed by atoms with Crippen LogP contribution in [0.15, 0.2) is 12.2 Å². The Kier molecular flexibility index (Phi) is 6.03. The van der Waals surface area contributed by atoms with E-state index in [0.29, 0.717) is 0 Å². The van der Waals surface area contributed by atoms with Crippen LogP contribution in [0.5, 0.6) is 0 Å². The van der Waals surface area contributed by atoms with Gasteiger partial charge in [0.05, 0.1) is 0 Å². The van der Waals surface area contributed by atoms with Gasteiger partial charge in [-0.3, -0.25) is 0 Å². The summed E-state index contributed by atoms with van der Waals surface area (Å²) < 4.78 is 0. The molecule has 1 aliphatic heterocycles. The molecule has 1 unspecified atom stereocenters. The quantitative estimate of drug-likeness (QED) is 0.656. The number of likely N-dealkylation sites (N-methyl/N-ethyl adjacent to an activating group) is 3. The predicted molar refractivity (Wildman–Crippen MR) is 70.8 cm³/mol. The standard InChI is InChI=1S/C13H27N3/c1-5-14-9-12(2)10-15(3)11-13-7-6-8-16(13)4/h13-14H,2,5-11H2,1,3-4H3. The van der Waals surface area contributed by atoms with Crippen molar-refractivity contribution in [2.75, 3.05) is 46.8 Å². The van der Waals surface area contributed by atoms with Gasteiger partial charge in [-0.05, 0) is 45.6 Å². The minimum atomic E-state index is 0.747. The van der Waals surface area contributed by atoms with Crippen molar-refractivity contribution < 1.29 is 0 Å². The summed E-state index contributed by atoms with van der Waals surface area (Å²) in [7, 11) is 4.43. The Balaban J connectivity index is 2.19. The van der Waals surface area contributed by atoms with Crippen LogP contribution in [0.4, 0.5) is 0 Å². The van der Waals surface area contributed by atoms with Crippen LogP contribution in [-0.2, 0) is 0 Å². The summed E-state index contributed by atoms with van der Waals surface area (Å²) in [5.41, 5.74) is 1.28. The molecule has 1 heterocycles. The van der Waals surface area contributed by atoms with Crippen LogP contribution in [0.3, 0.4) is 0 Å². The molecule has 0 aliphatic carbocycles. The summed E-state index contributed by atoms with van der Waals surface area (Å²) in [6.45, 7) is 11.6. The minimum Gasteiger partial charge on any atom is -0.313 e. The Morgan fingerprint density at radius 1 is 1.56 bits per heavy atom. The molecule has 94 valence electrons. The van der Waals surface area contributed by atoms with Gasteiger partial charge in [-0.1, -0.05) is 13.5 Å². The average molecular weight is 225 g/mol. The molecule has 1 fully saturated rings. The van der Waals surface area contributed by atoms with Crippen LogP contribution < -0.4 is 5.32 Å². The van der Waals surface area contributed by atoms with Crippen LogP contribution in [0.1, 0.15) is 19.8 Å². The zero-order chi connectivity index (χ0) is 12.0. The molecule has 0 spiro atoms. The van der Waals surface area contributed by atoms with E-state index >= 15 is 0 Å². The van der Waals surface area contributed by atoms with Crippen LogP contribution >= 0.6 is 0 Å². The fourth-order valence-electron chi connectivity index (χ4n) is 2.37. The maximum Gasteiger partial charge on any atom is 0.0220 e. The van der Waals surface area contributed by atoms with Gasteiger partial charge in [0, 0.05) is 25.7 Å². The molecule has 0 bridgehead atoms. The summed E-state index contributed by atoms with van der Waals surface area (Å²) in [6.07, 6.45) is 2.70. The van der Waals surface area contributed by atoms with E-state index in [9.17, 15) is 0 Å². The molecule has 0 aromatic heterocycles. The monoisotopic (exact) mass is 225 g/mol. The van der Waals surface area contributed by atoms with Crippen molar-refractivity contribution in [3.8, 4) is 0 Å². The van der Waals surface area contributed by atoms with Crippen LogP contribution in [0.25, 0.3) is 0 Å². The highest BCUT2D eigenvalue weighted by Gasteiger charge is 2.21. The highest BCUT2D eigenvalue weighted by atomic mass is 15.2. The Morgan fingerprint density at radius 2 is 2.31 bits per heavy atom. The molecular weight excluding hydrogens is 198 g/mol. The molecule has 3 heteroatoms. The molecule has 1 rings (SSSR count). The third kappa shape index (κ3) is 4.64. The van der Waals surface area contributed by atoms with E-state index in [1.54, 1.807) is 0 Å². The first-order chi connectivity index (χ1) is 7.63. The molecule has 0 aromatic carbocycles. The van der Waals surface area contributed by atoms with E-state index in [1.165, 1.54) is 31.5 Å². The maximum absolute atomic E-state index is 4.11. The van der Waals surface area contributed by atoms with Gasteiger partial charge in [0.1, 0.15) is 0 Å². The Bertz CT molecular complexity index is 215. The van der Waals surface area contributed by atoms with Crippen molar-refractivity contribution in [3.05, 3.63) is 12.2 Å². The summed E-state index contributed by atoms with van der Waals surface area (Å²) in [5, 5.41) is 3.32. The molecular formula is C13H27N3. The number of nitrogens with one attached hydrogen (secondary N) is 1. The first-order valence-electron chi connectivity index (χ1n) is 6.39. The molecule has 1 aliphatic rings. The summed E-state index contributed by atoms with van der Waals surface area (Å²) in [4.78, 5) is 4.87. The van der Waals surface area contributed by atoms with Crippen molar-refractivity contribution in [2.24, 2.45) is 0 Å². The second-order valence-corrected chi connectivity index (χ2v) is 5.00. The van der Waals surface area contributed by atoms with Gasteiger partial charge >= 0.3 is 0 Å². The smallest absolute Gasteiger partial charge is 0.0220 e. The zero-order valence-corrected chi connectivity index (χ0v) is 11.1. The van der Waals surface area contributed by atoms with Gasteiger partial charge in [0.2, 0.25) is 0 Å². The predicted octanol–water partition coefficient (Wildman–Crippen LogP) is 1.18. The van der Waals surface area contributed by atoms with Gasteiger partial charge in [-0.2, -0.15) is 0 Å². The Morgan fingerprint density at radius 3 is 2.88 bits per heavy atom. The van der Waals surface area contributed by atoms with Gasteiger partial charge in [-0.25, -0.2) is 0 Å². The molecule has 1 saturated heterocycles. The largest absolute Gasteiger partial charge is 0.313 e. The first kappa shape index (κ1) is 13.7. The van der Waals surface area contributed by atoms with E-state index in [-0.39, 0.29) is 0 Å². The number of hydrogen-bond donors (Lipinski definition) is 1. The number of rotatable bonds is 7. The highest BCUT2D eigenvalue weighted by molar-refractivity contribution is 4.99. The van der Waals surface area contributed by atoms with Gasteiger partial charge in [-0.15, -0.1) is 0 Å². The second-order valence-electron chi connectivity index (χ2n) is 5.00. The second kappa shape index (κ2) is 7.05. The van der Waals surface area contributed by atoms with Gasteiger partial charge in [0.15, 0.2) is 0 Å². The lowest BCUT2D eigenvalue weighted by Gasteiger charge is -2.26. The van der Waals surface area contributed by atoms with E-state index < -0.39 is 0 Å². The summed E-state index contributed by atoms with van der Waals surface area (Å²) in [6, 6.07) is 0.747. The van der Waals surface area contributed by atoms with Crippen LogP contribution in [-0.4, -0.2) is 62.7 Å². The minimum absolute atomic E-state index is 0.747. The van der Waals surface area contributed by atoms with E-state index in [2.05, 4.69) is 42.7 Å². The van der Waals surface area contributed by atoms with Crippen LogP contribution in [0, 0.1) is 0 Å². The Hall–Kier alpha value is -0.380. The molecule has 0 radical (unpaired) electrons. The number of hydrogen-bond acceptors (Lipinski definition) is 3. The molecule has 0 saturated carbocycles. The van der Waals surface area contributed by atoms with Gasteiger partial charge < -0.3 is 15.1 Å². The van der Waals surface area contributed by atoms with E-state index in [1.807, 2.05) is 0 Å². The third-order valence-corrected chi connectivity index (χ3v) is 3.31. The first-order valence-corrected chi connectivity index (χ1v) is 6.39. The van der Waals surface area contributed by atoms with Crippen molar-refractivity contribution in [2.45, 2.75) is 25.8 Å².